The molecule has 4 heteroatoms. The maximum atomic E-state index is 11.3. The molecule has 0 saturated carbocycles. The zero-order chi connectivity index (χ0) is 10.7. The lowest BCUT2D eigenvalue weighted by molar-refractivity contribution is -0.149. The molecule has 0 radical (unpaired) electrons. The minimum absolute atomic E-state index is 0.200. The minimum Gasteiger partial charge on any atom is -0.508 e. The van der Waals surface area contributed by atoms with Crippen molar-refractivity contribution in [2.45, 2.75) is 12.5 Å². The van der Waals surface area contributed by atoms with Crippen molar-refractivity contribution in [3.05, 3.63) is 29.8 Å². The lowest BCUT2D eigenvalue weighted by Crippen LogP contribution is -2.46. The molecule has 0 amide bonds. The summed E-state index contributed by atoms with van der Waals surface area (Å²) in [5.41, 5.74) is 1.00. The predicted molar refractivity (Wildman–Crippen MR) is 54.6 cm³/mol. The van der Waals surface area contributed by atoms with Crippen molar-refractivity contribution >= 4 is 5.97 Å². The molecule has 1 aromatic rings. The van der Waals surface area contributed by atoms with Crippen LogP contribution >= 0.6 is 0 Å². The predicted octanol–water partition coefficient (Wildman–Crippen LogP) is 0.450. The summed E-state index contributed by atoms with van der Waals surface area (Å²) >= 11 is 0. The summed E-state index contributed by atoms with van der Waals surface area (Å²) in [7, 11) is 0. The number of benzene rings is 1. The Morgan fingerprint density at radius 3 is 2.80 bits per heavy atom. The molecule has 1 atom stereocenters. The van der Waals surface area contributed by atoms with Gasteiger partial charge < -0.3 is 15.2 Å². The van der Waals surface area contributed by atoms with Gasteiger partial charge in [-0.15, -0.1) is 0 Å². The number of rotatable bonds is 2. The zero-order valence-electron chi connectivity index (χ0n) is 8.27. The Morgan fingerprint density at radius 2 is 2.13 bits per heavy atom. The molecule has 80 valence electrons. The number of hydrogen-bond acceptors (Lipinski definition) is 4. The normalized spacial score (nSPS) is 21.1. The van der Waals surface area contributed by atoms with E-state index in [1.165, 1.54) is 0 Å². The molecule has 2 rings (SSSR count). The fourth-order valence-corrected chi connectivity index (χ4v) is 1.59. The Hall–Kier alpha value is -1.55. The van der Waals surface area contributed by atoms with Crippen LogP contribution in [0.15, 0.2) is 24.3 Å². The summed E-state index contributed by atoms with van der Waals surface area (Å²) in [5, 5.41) is 12.2. The standard InChI is InChI=1S/C11H13NO3/c13-9-3-1-8(2-4-9)7-10-11(14)15-6-5-12-10/h1-4,10,12-13H,5-7H2. The van der Waals surface area contributed by atoms with Gasteiger partial charge in [0.2, 0.25) is 0 Å². The molecule has 1 aromatic carbocycles. The van der Waals surface area contributed by atoms with Crippen molar-refractivity contribution in [1.29, 1.82) is 0 Å². The number of phenols is 1. The van der Waals surface area contributed by atoms with E-state index in [1.807, 2.05) is 0 Å². The number of phenolic OH excluding ortho intramolecular Hbond substituents is 1. The average Bonchev–Trinajstić information content (AvgIpc) is 2.25. The first-order valence-corrected chi connectivity index (χ1v) is 4.93. The van der Waals surface area contributed by atoms with Gasteiger partial charge in [0, 0.05) is 6.54 Å². The fourth-order valence-electron chi connectivity index (χ4n) is 1.59. The number of ether oxygens (including phenoxy) is 1. The first-order chi connectivity index (χ1) is 7.25. The van der Waals surface area contributed by atoms with Crippen LogP contribution in [0.2, 0.25) is 0 Å². The molecule has 1 heterocycles. The number of nitrogens with one attached hydrogen (secondary N) is 1. The zero-order valence-corrected chi connectivity index (χ0v) is 8.27. The van der Waals surface area contributed by atoms with Crippen LogP contribution in [0, 0.1) is 0 Å². The average molecular weight is 207 g/mol. The number of aromatic hydroxyl groups is 1. The van der Waals surface area contributed by atoms with Crippen LogP contribution < -0.4 is 5.32 Å². The molecule has 4 nitrogen and oxygen atoms in total. The first kappa shape index (κ1) is 9.98. The van der Waals surface area contributed by atoms with Crippen molar-refractivity contribution in [2.24, 2.45) is 0 Å². The second kappa shape index (κ2) is 4.31. The number of cyclic esters (lactones) is 1. The first-order valence-electron chi connectivity index (χ1n) is 4.93. The summed E-state index contributed by atoms with van der Waals surface area (Å²) in [6.07, 6.45) is 0.596. The number of carbonyl (C=O) groups excluding carboxylic acids is 1. The number of hydrogen-bond donors (Lipinski definition) is 2. The Morgan fingerprint density at radius 1 is 1.40 bits per heavy atom. The van der Waals surface area contributed by atoms with E-state index in [1.54, 1.807) is 24.3 Å². The third-order valence-corrected chi connectivity index (χ3v) is 2.40. The molecule has 1 unspecified atom stereocenters. The lowest BCUT2D eigenvalue weighted by atomic mass is 10.1. The van der Waals surface area contributed by atoms with Crippen molar-refractivity contribution in [2.75, 3.05) is 13.2 Å². The number of morpholine rings is 1. The molecule has 1 saturated heterocycles. The third-order valence-electron chi connectivity index (χ3n) is 2.40. The van der Waals surface area contributed by atoms with Gasteiger partial charge in [-0.05, 0) is 24.1 Å². The summed E-state index contributed by atoms with van der Waals surface area (Å²) in [6.45, 7) is 1.15. The maximum Gasteiger partial charge on any atom is 0.323 e. The highest BCUT2D eigenvalue weighted by Crippen LogP contribution is 2.12. The van der Waals surface area contributed by atoms with Crippen LogP contribution in [0.25, 0.3) is 0 Å². The SMILES string of the molecule is O=C1OCCNC1Cc1ccc(O)cc1. The van der Waals surface area contributed by atoms with Crippen molar-refractivity contribution in [3.8, 4) is 5.75 Å². The van der Waals surface area contributed by atoms with Gasteiger partial charge >= 0.3 is 5.97 Å². The van der Waals surface area contributed by atoms with Gasteiger partial charge in [0.1, 0.15) is 18.4 Å². The molecule has 1 fully saturated rings. The van der Waals surface area contributed by atoms with E-state index in [0.29, 0.717) is 19.6 Å². The second-order valence-corrected chi connectivity index (χ2v) is 3.54. The van der Waals surface area contributed by atoms with Gasteiger partial charge in [0.15, 0.2) is 0 Å². The molecule has 1 aliphatic heterocycles. The largest absolute Gasteiger partial charge is 0.508 e. The molecule has 1 aliphatic rings. The lowest BCUT2D eigenvalue weighted by Gasteiger charge is -2.22. The summed E-state index contributed by atoms with van der Waals surface area (Å²) in [6, 6.07) is 6.58. The van der Waals surface area contributed by atoms with E-state index in [0.717, 1.165) is 5.56 Å². The highest BCUT2D eigenvalue weighted by Gasteiger charge is 2.23. The summed E-state index contributed by atoms with van der Waals surface area (Å²) in [5.74, 6) is 0.0345. The van der Waals surface area contributed by atoms with E-state index in [2.05, 4.69) is 5.32 Å². The molecule has 0 spiro atoms. The highest BCUT2D eigenvalue weighted by atomic mass is 16.5. The van der Waals surface area contributed by atoms with Gasteiger partial charge in [0.25, 0.3) is 0 Å². The van der Waals surface area contributed by atoms with Crippen LogP contribution in [0.1, 0.15) is 5.56 Å². The van der Waals surface area contributed by atoms with Crippen molar-refractivity contribution < 1.29 is 14.6 Å². The van der Waals surface area contributed by atoms with E-state index >= 15 is 0 Å². The monoisotopic (exact) mass is 207 g/mol. The van der Waals surface area contributed by atoms with Gasteiger partial charge in [-0.3, -0.25) is 4.79 Å². The number of esters is 1. The third kappa shape index (κ3) is 2.47. The Labute approximate surface area is 87.9 Å². The topological polar surface area (TPSA) is 58.6 Å². The molecule has 15 heavy (non-hydrogen) atoms. The highest BCUT2D eigenvalue weighted by molar-refractivity contribution is 5.76. The quantitative estimate of drug-likeness (QED) is 0.691. The maximum absolute atomic E-state index is 11.3. The van der Waals surface area contributed by atoms with E-state index < -0.39 is 0 Å². The molecular weight excluding hydrogens is 194 g/mol. The molecule has 0 bridgehead atoms. The van der Waals surface area contributed by atoms with Crippen molar-refractivity contribution in [3.63, 3.8) is 0 Å². The van der Waals surface area contributed by atoms with Crippen LogP contribution in [-0.2, 0) is 16.0 Å². The van der Waals surface area contributed by atoms with E-state index in [-0.39, 0.29) is 17.8 Å². The van der Waals surface area contributed by atoms with Crippen molar-refractivity contribution in [1.82, 2.24) is 5.32 Å². The van der Waals surface area contributed by atoms with Crippen LogP contribution in [0.3, 0.4) is 0 Å². The van der Waals surface area contributed by atoms with Gasteiger partial charge in [-0.25, -0.2) is 0 Å². The molecule has 2 N–H and O–H groups in total. The minimum atomic E-state index is -0.261. The van der Waals surface area contributed by atoms with E-state index in [9.17, 15) is 4.79 Å². The molecule has 0 aliphatic carbocycles. The Kier molecular flexibility index (Phi) is 2.87. The van der Waals surface area contributed by atoms with Gasteiger partial charge in [0.05, 0.1) is 0 Å². The summed E-state index contributed by atoms with van der Waals surface area (Å²) in [4.78, 5) is 11.3. The van der Waals surface area contributed by atoms with Crippen LogP contribution in [-0.4, -0.2) is 30.3 Å². The van der Waals surface area contributed by atoms with Crippen LogP contribution in [0.4, 0.5) is 0 Å². The second-order valence-electron chi connectivity index (χ2n) is 3.54. The number of carbonyl (C=O) groups is 1. The Balaban J connectivity index is 2.01. The molecular formula is C11H13NO3. The fraction of sp³-hybridized carbons (Fsp3) is 0.364. The van der Waals surface area contributed by atoms with Crippen LogP contribution in [0.5, 0.6) is 5.75 Å². The molecule has 0 aromatic heterocycles. The summed E-state index contributed by atoms with van der Waals surface area (Å²) < 4.78 is 4.94. The van der Waals surface area contributed by atoms with Gasteiger partial charge in [-0.2, -0.15) is 0 Å². The smallest absolute Gasteiger partial charge is 0.323 e. The van der Waals surface area contributed by atoms with Gasteiger partial charge in [-0.1, -0.05) is 12.1 Å². The Bertz CT molecular complexity index is 347. The van der Waals surface area contributed by atoms with E-state index in [4.69, 9.17) is 9.84 Å².